The first kappa shape index (κ1) is 33.3. The van der Waals surface area contributed by atoms with Crippen molar-refractivity contribution in [1.82, 2.24) is 9.13 Å². The van der Waals surface area contributed by atoms with Crippen LogP contribution in [0.2, 0.25) is 0 Å². The van der Waals surface area contributed by atoms with Crippen LogP contribution in [-0.4, -0.2) is 26.3 Å². The van der Waals surface area contributed by atoms with Crippen LogP contribution in [0.1, 0.15) is 86.5 Å². The highest BCUT2D eigenvalue weighted by molar-refractivity contribution is 6.21. The zero-order valence-corrected chi connectivity index (χ0v) is 32.6. The van der Waals surface area contributed by atoms with E-state index in [0.717, 1.165) is 48.4 Å². The number of para-hydroxylation sites is 2. The molecule has 0 spiro atoms. The molecule has 56 heavy (non-hydrogen) atoms. The third kappa shape index (κ3) is 4.91. The van der Waals surface area contributed by atoms with Crippen molar-refractivity contribution in [2.24, 2.45) is 21.8 Å². The Morgan fingerprint density at radius 3 is 2.32 bits per heavy atom. The molecule has 6 aromatic rings. The molecule has 2 aromatic heterocycles. The van der Waals surface area contributed by atoms with Gasteiger partial charge in [-0.1, -0.05) is 130 Å². The fraction of sp³-hybridized carbons (Fsp3) is 0.231. The second-order valence-corrected chi connectivity index (χ2v) is 16.9. The van der Waals surface area contributed by atoms with Crippen molar-refractivity contribution in [2.45, 2.75) is 64.8 Å². The molecule has 11 rings (SSSR count). The van der Waals surface area contributed by atoms with Crippen molar-refractivity contribution in [3.05, 3.63) is 178 Å². The summed E-state index contributed by atoms with van der Waals surface area (Å²) in [4.78, 5) is 10.9. The number of fused-ring (bicyclic) bond motifs is 8. The average molecular weight is 727 g/mol. The molecule has 4 heteroatoms. The second kappa shape index (κ2) is 12.5. The Hall–Kier alpha value is -6.00. The van der Waals surface area contributed by atoms with Crippen molar-refractivity contribution in [3.8, 4) is 5.69 Å². The van der Waals surface area contributed by atoms with E-state index >= 15 is 0 Å². The molecule has 4 nitrogen and oxygen atoms in total. The largest absolute Gasteiger partial charge is 0.313 e. The van der Waals surface area contributed by atoms with Crippen LogP contribution in [0.25, 0.3) is 44.7 Å². The zero-order valence-electron chi connectivity index (χ0n) is 32.6. The molecule has 4 aromatic carbocycles. The number of benzene rings is 4. The van der Waals surface area contributed by atoms with Gasteiger partial charge in [-0.05, 0) is 97.6 Å². The smallest absolute Gasteiger partial charge is 0.231 e. The van der Waals surface area contributed by atoms with Gasteiger partial charge in [-0.3, -0.25) is 4.57 Å². The second-order valence-electron chi connectivity index (χ2n) is 16.9. The van der Waals surface area contributed by atoms with Gasteiger partial charge in [0.25, 0.3) is 0 Å². The molecular weight excluding hydrogens is 681 g/mol. The number of nitrogens with zero attached hydrogens (tertiary/aromatic N) is 4. The number of hydrogen-bond donors (Lipinski definition) is 0. The highest BCUT2D eigenvalue weighted by Gasteiger charge is 2.38. The summed E-state index contributed by atoms with van der Waals surface area (Å²) in [5.74, 6) is 2.08. The summed E-state index contributed by atoms with van der Waals surface area (Å²) in [5, 5.41) is 2.61. The molecule has 0 saturated carbocycles. The maximum Gasteiger partial charge on any atom is 0.231 e. The fourth-order valence-electron chi connectivity index (χ4n) is 10.5. The summed E-state index contributed by atoms with van der Waals surface area (Å²) in [6.07, 6.45) is 17.9. The quantitative estimate of drug-likeness (QED) is 0.174. The number of rotatable bonds is 3. The fourth-order valence-corrected chi connectivity index (χ4v) is 10.5. The minimum Gasteiger partial charge on any atom is -0.313 e. The van der Waals surface area contributed by atoms with E-state index in [1.54, 1.807) is 5.57 Å². The normalized spacial score (nSPS) is 23.9. The predicted molar refractivity (Wildman–Crippen MR) is 235 cm³/mol. The lowest BCUT2D eigenvalue weighted by Gasteiger charge is -2.35. The summed E-state index contributed by atoms with van der Waals surface area (Å²) in [5.41, 5.74) is 17.9. The van der Waals surface area contributed by atoms with Crippen molar-refractivity contribution in [1.29, 1.82) is 0 Å². The summed E-state index contributed by atoms with van der Waals surface area (Å²) >= 11 is 0. The molecule has 4 aliphatic carbocycles. The van der Waals surface area contributed by atoms with E-state index in [9.17, 15) is 0 Å². The highest BCUT2D eigenvalue weighted by atomic mass is 15.2. The van der Waals surface area contributed by atoms with E-state index in [4.69, 9.17) is 9.98 Å². The van der Waals surface area contributed by atoms with Gasteiger partial charge in [0.15, 0.2) is 0 Å². The van der Waals surface area contributed by atoms with Crippen LogP contribution in [0.15, 0.2) is 155 Å². The van der Waals surface area contributed by atoms with E-state index in [2.05, 4.69) is 176 Å². The van der Waals surface area contributed by atoms with Crippen LogP contribution >= 0.6 is 0 Å². The maximum absolute atomic E-state index is 5.50. The number of allylic oxidation sites excluding steroid dienone is 7. The van der Waals surface area contributed by atoms with Gasteiger partial charge in [-0.15, -0.1) is 0 Å². The van der Waals surface area contributed by atoms with Crippen LogP contribution < -0.4 is 0 Å². The Balaban J connectivity index is 1.11. The Morgan fingerprint density at radius 1 is 0.714 bits per heavy atom. The first-order chi connectivity index (χ1) is 27.4. The molecule has 0 N–H and O–H groups in total. The summed E-state index contributed by atoms with van der Waals surface area (Å²) in [6.45, 7) is 9.51. The van der Waals surface area contributed by atoms with E-state index in [-0.39, 0.29) is 5.54 Å². The number of hydrogen-bond acceptors (Lipinski definition) is 2. The SMILES string of the molecule is CC1Cc2c(c3ccccc3n2C2=NC3(C)CC=CC=C3C(c3ccccc3)=N2)C=C1c1ccc2c(c1)c1c(n2-c2ccccc2)C(C)CC2=C1C=CCC2C. The Kier molecular flexibility index (Phi) is 7.45. The van der Waals surface area contributed by atoms with E-state index in [1.807, 2.05) is 0 Å². The zero-order chi connectivity index (χ0) is 37.7. The number of aliphatic imine (C=N–C) groups is 2. The van der Waals surface area contributed by atoms with Crippen LogP contribution in [0, 0.1) is 11.8 Å². The molecule has 3 heterocycles. The molecule has 0 saturated heterocycles. The van der Waals surface area contributed by atoms with Crippen LogP contribution in [0.5, 0.6) is 0 Å². The molecule has 0 fully saturated rings. The summed E-state index contributed by atoms with van der Waals surface area (Å²) in [6, 6.07) is 37.7. The predicted octanol–water partition coefficient (Wildman–Crippen LogP) is 12.5. The molecule has 4 atom stereocenters. The van der Waals surface area contributed by atoms with Gasteiger partial charge in [-0.25, -0.2) is 9.98 Å². The lowest BCUT2D eigenvalue weighted by molar-refractivity contribution is 0.565. The first-order valence-corrected chi connectivity index (χ1v) is 20.5. The third-order valence-corrected chi connectivity index (χ3v) is 13.2. The van der Waals surface area contributed by atoms with Gasteiger partial charge in [0.1, 0.15) is 0 Å². The van der Waals surface area contributed by atoms with Crippen molar-refractivity contribution in [3.63, 3.8) is 0 Å². The van der Waals surface area contributed by atoms with Crippen LogP contribution in [0.4, 0.5) is 0 Å². The molecule has 0 radical (unpaired) electrons. The van der Waals surface area contributed by atoms with Gasteiger partial charge in [0, 0.05) is 56.0 Å². The lowest BCUT2D eigenvalue weighted by Crippen LogP contribution is -2.38. The molecule has 4 unspecified atom stereocenters. The minimum atomic E-state index is -0.390. The molecule has 5 aliphatic rings. The maximum atomic E-state index is 5.50. The third-order valence-electron chi connectivity index (χ3n) is 13.2. The number of aromatic nitrogens is 2. The Bertz CT molecular complexity index is 2850. The van der Waals surface area contributed by atoms with Crippen molar-refractivity contribution in [2.75, 3.05) is 0 Å². The van der Waals surface area contributed by atoms with E-state index < -0.39 is 0 Å². The van der Waals surface area contributed by atoms with Crippen molar-refractivity contribution < 1.29 is 0 Å². The van der Waals surface area contributed by atoms with Gasteiger partial charge in [-0.2, -0.15) is 0 Å². The van der Waals surface area contributed by atoms with Gasteiger partial charge < -0.3 is 4.57 Å². The van der Waals surface area contributed by atoms with Crippen molar-refractivity contribution >= 4 is 50.7 Å². The van der Waals surface area contributed by atoms with E-state index in [1.165, 1.54) is 66.8 Å². The van der Waals surface area contributed by atoms with Crippen LogP contribution in [0.3, 0.4) is 0 Å². The van der Waals surface area contributed by atoms with Crippen LogP contribution in [-0.2, 0) is 6.42 Å². The van der Waals surface area contributed by atoms with E-state index in [0.29, 0.717) is 17.8 Å². The topological polar surface area (TPSA) is 34.6 Å². The standard InChI is InChI=1S/C52H46N4/c1-32-16-15-22-39-41(32)28-34(3)50-48(39)43-30-36(25-26-46(43)55(50)37-19-9-6-10-20-37)40-31-42-38-21-11-12-24-45(38)56(47(42)29-33(40)2)51-53-49(35-17-7-5-8-18-35)44-23-13-14-27-52(44,4)54-51/h5-15,17-26,30-34H,16,27-29H2,1-4H3. The molecule has 0 bridgehead atoms. The van der Waals surface area contributed by atoms with Gasteiger partial charge in [0.2, 0.25) is 5.96 Å². The minimum absolute atomic E-state index is 0.295. The average Bonchev–Trinajstić information content (AvgIpc) is 3.74. The molecule has 0 amide bonds. The molecular formula is C52H46N4. The summed E-state index contributed by atoms with van der Waals surface area (Å²) in [7, 11) is 0. The summed E-state index contributed by atoms with van der Waals surface area (Å²) < 4.78 is 4.93. The molecule has 274 valence electrons. The lowest BCUT2D eigenvalue weighted by atomic mass is 9.74. The van der Waals surface area contributed by atoms with Gasteiger partial charge in [0.05, 0.1) is 22.3 Å². The van der Waals surface area contributed by atoms with Gasteiger partial charge >= 0.3 is 0 Å². The Morgan fingerprint density at radius 2 is 1.48 bits per heavy atom. The molecule has 1 aliphatic heterocycles. The monoisotopic (exact) mass is 726 g/mol. The Labute approximate surface area is 329 Å². The highest BCUT2D eigenvalue weighted by Crippen LogP contribution is 2.50. The first-order valence-electron chi connectivity index (χ1n) is 20.5.